The summed E-state index contributed by atoms with van der Waals surface area (Å²) in [4.78, 5) is 41.8. The van der Waals surface area contributed by atoms with Gasteiger partial charge >= 0.3 is 5.97 Å². The molecule has 0 spiro atoms. The van der Waals surface area contributed by atoms with Gasteiger partial charge in [0.15, 0.2) is 5.16 Å². The van der Waals surface area contributed by atoms with Crippen LogP contribution in [0.25, 0.3) is 0 Å². The number of nitrogens with zero attached hydrogens (tertiary/aromatic N) is 2. The third-order valence-electron chi connectivity index (χ3n) is 5.01. The summed E-state index contributed by atoms with van der Waals surface area (Å²) in [6.45, 7) is 8.50. The van der Waals surface area contributed by atoms with Crippen molar-refractivity contribution in [2.75, 3.05) is 17.7 Å². The van der Waals surface area contributed by atoms with E-state index in [2.05, 4.69) is 10.3 Å². The Kier molecular flexibility index (Phi) is 7.20. The second-order valence-corrected chi connectivity index (χ2v) is 9.65. The van der Waals surface area contributed by atoms with Crippen LogP contribution in [0.5, 0.6) is 0 Å². The molecule has 0 radical (unpaired) electrons. The minimum Gasteiger partial charge on any atom is -0.462 e. The Balaban J connectivity index is 1.61. The molecule has 3 rings (SSSR count). The standard InChI is InChI=1S/C23H29N3O4S/c1-5-6-11-30-21(29)15-7-9-16(10-8-15)24-19(27)12-17-14-31-22-25-18(23(2,3)4)13-20(28)26(17)22/h7-10,13,17H,5-6,11-12,14H2,1-4H3,(H,24,27). The summed E-state index contributed by atoms with van der Waals surface area (Å²) >= 11 is 1.50. The molecular formula is C23H29N3O4S. The van der Waals surface area contributed by atoms with Crippen LogP contribution < -0.4 is 10.9 Å². The lowest BCUT2D eigenvalue weighted by Crippen LogP contribution is -2.29. The number of rotatable bonds is 7. The molecule has 1 amide bonds. The number of ether oxygens (including phenoxy) is 1. The molecule has 2 aromatic rings. The topological polar surface area (TPSA) is 90.3 Å². The molecule has 1 aliphatic heterocycles. The van der Waals surface area contributed by atoms with Crippen molar-refractivity contribution in [3.8, 4) is 0 Å². The van der Waals surface area contributed by atoms with Crippen molar-refractivity contribution >= 4 is 29.3 Å². The van der Waals surface area contributed by atoms with E-state index in [9.17, 15) is 14.4 Å². The van der Waals surface area contributed by atoms with Gasteiger partial charge < -0.3 is 10.1 Å². The molecule has 2 heterocycles. The summed E-state index contributed by atoms with van der Waals surface area (Å²) in [5.74, 6) is 0.0714. The summed E-state index contributed by atoms with van der Waals surface area (Å²) in [6, 6.07) is 7.95. The largest absolute Gasteiger partial charge is 0.462 e. The molecule has 1 aromatic carbocycles. The summed E-state index contributed by atoms with van der Waals surface area (Å²) in [7, 11) is 0. The minimum absolute atomic E-state index is 0.122. The van der Waals surface area contributed by atoms with Gasteiger partial charge in [0.2, 0.25) is 5.91 Å². The number of anilines is 1. The Morgan fingerprint density at radius 1 is 1.26 bits per heavy atom. The lowest BCUT2D eigenvalue weighted by molar-refractivity contribution is -0.116. The van der Waals surface area contributed by atoms with Crippen molar-refractivity contribution in [2.45, 2.75) is 63.6 Å². The first-order valence-corrected chi connectivity index (χ1v) is 11.5. The Bertz CT molecular complexity index is 1010. The molecule has 166 valence electrons. The van der Waals surface area contributed by atoms with E-state index in [0.29, 0.717) is 28.8 Å². The van der Waals surface area contributed by atoms with Gasteiger partial charge in [-0.15, -0.1) is 0 Å². The zero-order valence-electron chi connectivity index (χ0n) is 18.4. The number of benzene rings is 1. The van der Waals surface area contributed by atoms with Gasteiger partial charge in [-0.05, 0) is 30.7 Å². The summed E-state index contributed by atoms with van der Waals surface area (Å²) < 4.78 is 6.80. The number of aromatic nitrogens is 2. The zero-order chi connectivity index (χ0) is 22.6. The predicted molar refractivity (Wildman–Crippen MR) is 122 cm³/mol. The average Bonchev–Trinajstić information content (AvgIpc) is 3.11. The van der Waals surface area contributed by atoms with E-state index in [-0.39, 0.29) is 35.3 Å². The zero-order valence-corrected chi connectivity index (χ0v) is 19.3. The highest BCUT2D eigenvalue weighted by atomic mass is 32.2. The first kappa shape index (κ1) is 23.1. The van der Waals surface area contributed by atoms with E-state index >= 15 is 0 Å². The van der Waals surface area contributed by atoms with Crippen LogP contribution in [0.4, 0.5) is 5.69 Å². The van der Waals surface area contributed by atoms with Gasteiger partial charge in [0.05, 0.1) is 23.9 Å². The number of thioether (sulfide) groups is 1. The third-order valence-corrected chi connectivity index (χ3v) is 6.11. The van der Waals surface area contributed by atoms with E-state index in [0.717, 1.165) is 18.5 Å². The van der Waals surface area contributed by atoms with Crippen molar-refractivity contribution in [3.05, 3.63) is 51.9 Å². The van der Waals surface area contributed by atoms with Gasteiger partial charge in [-0.25, -0.2) is 9.78 Å². The third kappa shape index (κ3) is 5.76. The number of carbonyl (C=O) groups excluding carboxylic acids is 2. The molecule has 31 heavy (non-hydrogen) atoms. The number of fused-ring (bicyclic) bond motifs is 1. The molecule has 7 nitrogen and oxygen atoms in total. The lowest BCUT2D eigenvalue weighted by atomic mass is 9.92. The molecule has 1 atom stereocenters. The van der Waals surface area contributed by atoms with Gasteiger partial charge in [0.25, 0.3) is 5.56 Å². The number of carbonyl (C=O) groups is 2. The minimum atomic E-state index is -0.368. The molecule has 1 N–H and O–H groups in total. The number of unbranched alkanes of at least 4 members (excludes halogenated alkanes) is 1. The highest BCUT2D eigenvalue weighted by Gasteiger charge is 2.29. The summed E-state index contributed by atoms with van der Waals surface area (Å²) in [5, 5.41) is 3.50. The van der Waals surface area contributed by atoms with Crippen molar-refractivity contribution in [1.29, 1.82) is 0 Å². The van der Waals surface area contributed by atoms with E-state index in [1.165, 1.54) is 11.8 Å². The molecule has 0 saturated carbocycles. The van der Waals surface area contributed by atoms with Crippen LogP contribution in [0.1, 0.15) is 69.1 Å². The number of nitrogens with one attached hydrogen (secondary N) is 1. The number of amides is 1. The van der Waals surface area contributed by atoms with Crippen LogP contribution in [-0.4, -0.2) is 33.8 Å². The van der Waals surface area contributed by atoms with E-state index < -0.39 is 0 Å². The van der Waals surface area contributed by atoms with E-state index in [1.807, 2.05) is 27.7 Å². The maximum atomic E-state index is 12.7. The Hall–Kier alpha value is -2.61. The number of esters is 1. The van der Waals surface area contributed by atoms with Gasteiger partial charge in [0, 0.05) is 29.3 Å². The van der Waals surface area contributed by atoms with Crippen LogP contribution in [0.3, 0.4) is 0 Å². The number of hydrogen-bond acceptors (Lipinski definition) is 6. The lowest BCUT2D eigenvalue weighted by Gasteiger charge is -2.19. The van der Waals surface area contributed by atoms with Crippen LogP contribution >= 0.6 is 11.8 Å². The molecule has 1 aliphatic rings. The molecule has 0 fully saturated rings. The molecule has 8 heteroatoms. The Morgan fingerprint density at radius 3 is 2.61 bits per heavy atom. The van der Waals surface area contributed by atoms with Crippen LogP contribution in [0.2, 0.25) is 0 Å². The SMILES string of the molecule is CCCCOC(=O)c1ccc(NC(=O)CC2CSc3nc(C(C)(C)C)cc(=O)n32)cc1. The average molecular weight is 444 g/mol. The molecule has 0 bridgehead atoms. The van der Waals surface area contributed by atoms with Crippen LogP contribution in [0, 0.1) is 0 Å². The molecule has 1 aromatic heterocycles. The smallest absolute Gasteiger partial charge is 0.338 e. The van der Waals surface area contributed by atoms with Gasteiger partial charge in [-0.3, -0.25) is 14.2 Å². The van der Waals surface area contributed by atoms with E-state index in [1.54, 1.807) is 34.9 Å². The van der Waals surface area contributed by atoms with Crippen molar-refractivity contribution in [2.24, 2.45) is 0 Å². The Morgan fingerprint density at radius 2 is 1.97 bits per heavy atom. The van der Waals surface area contributed by atoms with Gasteiger partial charge in [-0.1, -0.05) is 45.9 Å². The maximum Gasteiger partial charge on any atom is 0.338 e. The van der Waals surface area contributed by atoms with E-state index in [4.69, 9.17) is 4.74 Å². The van der Waals surface area contributed by atoms with Crippen LogP contribution in [-0.2, 0) is 14.9 Å². The highest BCUT2D eigenvalue weighted by molar-refractivity contribution is 7.99. The first-order chi connectivity index (χ1) is 14.7. The molecule has 1 unspecified atom stereocenters. The van der Waals surface area contributed by atoms with Crippen LogP contribution in [0.15, 0.2) is 40.3 Å². The fourth-order valence-corrected chi connectivity index (χ4v) is 4.35. The first-order valence-electron chi connectivity index (χ1n) is 10.5. The molecule has 0 saturated heterocycles. The predicted octanol–water partition coefficient (Wildman–Crippen LogP) is 4.17. The van der Waals surface area contributed by atoms with Crippen molar-refractivity contribution in [3.63, 3.8) is 0 Å². The second-order valence-electron chi connectivity index (χ2n) is 8.67. The second kappa shape index (κ2) is 9.68. The maximum absolute atomic E-state index is 12.7. The summed E-state index contributed by atoms with van der Waals surface area (Å²) in [5.41, 5.74) is 1.47. The number of hydrogen-bond donors (Lipinski definition) is 1. The van der Waals surface area contributed by atoms with Crippen molar-refractivity contribution in [1.82, 2.24) is 9.55 Å². The molecular weight excluding hydrogens is 414 g/mol. The normalized spacial score (nSPS) is 15.4. The summed E-state index contributed by atoms with van der Waals surface area (Å²) in [6.07, 6.45) is 1.97. The fourth-order valence-electron chi connectivity index (χ4n) is 3.20. The van der Waals surface area contributed by atoms with Gasteiger partial charge in [-0.2, -0.15) is 0 Å². The van der Waals surface area contributed by atoms with Crippen molar-refractivity contribution < 1.29 is 14.3 Å². The highest BCUT2D eigenvalue weighted by Crippen LogP contribution is 2.33. The quantitative estimate of drug-likeness (QED) is 0.392. The fraction of sp³-hybridized carbons (Fsp3) is 0.478. The Labute approximate surface area is 186 Å². The monoisotopic (exact) mass is 443 g/mol. The van der Waals surface area contributed by atoms with Gasteiger partial charge in [0.1, 0.15) is 0 Å². The molecule has 0 aliphatic carbocycles.